The van der Waals surface area contributed by atoms with Crippen LogP contribution in [0.2, 0.25) is 0 Å². The van der Waals surface area contributed by atoms with Gasteiger partial charge in [0.2, 0.25) is 0 Å². The van der Waals surface area contributed by atoms with Gasteiger partial charge in [0, 0.05) is 0 Å². The zero-order valence-corrected chi connectivity index (χ0v) is 8.37. The molecule has 0 aliphatic carbocycles. The minimum absolute atomic E-state index is 0.329. The largest absolute Gasteiger partial charge is 0.493 e. The third-order valence-corrected chi connectivity index (χ3v) is 1.77. The molecule has 18 heavy (non-hydrogen) atoms. The van der Waals surface area contributed by atoms with E-state index in [-0.39, 0.29) is 11.6 Å². The van der Waals surface area contributed by atoms with E-state index in [2.05, 4.69) is 20.2 Å². The molecule has 0 radical (unpaired) electrons. The number of aromatic nitrogens is 6. The highest BCUT2D eigenvalue weighted by atomic mass is 16.6. The van der Waals surface area contributed by atoms with Crippen molar-refractivity contribution in [3.05, 3.63) is 20.2 Å². The summed E-state index contributed by atoms with van der Waals surface area (Å²) in [6.07, 6.45) is 0. The summed E-state index contributed by atoms with van der Waals surface area (Å²) in [5.74, 6) is 8.35. The highest BCUT2D eigenvalue weighted by Gasteiger charge is 2.31. The van der Waals surface area contributed by atoms with Crippen LogP contribution >= 0.6 is 0 Å². The zero-order valence-electron chi connectivity index (χ0n) is 8.37. The van der Waals surface area contributed by atoms with Crippen molar-refractivity contribution in [2.45, 2.75) is 0 Å². The van der Waals surface area contributed by atoms with E-state index >= 15 is 0 Å². The zero-order chi connectivity index (χ0) is 13.4. The summed E-state index contributed by atoms with van der Waals surface area (Å²) >= 11 is 0. The molecule has 0 saturated carbocycles. The van der Waals surface area contributed by atoms with Crippen LogP contribution in [0, 0.1) is 20.2 Å². The van der Waals surface area contributed by atoms with Crippen LogP contribution in [0.3, 0.4) is 0 Å². The van der Waals surface area contributed by atoms with Crippen LogP contribution in [0.1, 0.15) is 0 Å². The lowest BCUT2D eigenvalue weighted by Crippen LogP contribution is -2.17. The van der Waals surface area contributed by atoms with Gasteiger partial charge in [-0.1, -0.05) is 9.58 Å². The molecule has 0 amide bonds. The molecule has 2 aromatic rings. The second kappa shape index (κ2) is 3.61. The Hall–Kier alpha value is -3.32. The molecule has 0 unspecified atom stereocenters. The van der Waals surface area contributed by atoms with E-state index in [0.717, 1.165) is 0 Å². The van der Waals surface area contributed by atoms with Crippen molar-refractivity contribution >= 4 is 11.9 Å². The van der Waals surface area contributed by atoms with Gasteiger partial charge in [-0.05, 0) is 19.8 Å². The smallest absolute Gasteiger partial charge is 0.390 e. The summed E-state index contributed by atoms with van der Waals surface area (Å²) in [5, 5.41) is 27.4. The maximum absolute atomic E-state index is 10.4. The third kappa shape index (κ3) is 1.62. The molecule has 2 heterocycles. The molecule has 2 aromatic heterocycles. The number of nitrogen functional groups attached to an aromatic ring is 2. The van der Waals surface area contributed by atoms with Gasteiger partial charge in [0.05, 0.1) is 10.2 Å². The van der Waals surface area contributed by atoms with Crippen LogP contribution in [-0.4, -0.2) is 39.6 Å². The average molecular weight is 256 g/mol. The molecular weight excluding hydrogens is 252 g/mol. The van der Waals surface area contributed by atoms with Crippen molar-refractivity contribution in [1.82, 2.24) is 29.7 Å². The molecule has 0 bridgehead atoms. The number of rotatable bonds is 3. The quantitative estimate of drug-likeness (QED) is 0.344. The van der Waals surface area contributed by atoms with Crippen LogP contribution < -0.4 is 11.7 Å². The SMILES string of the molecule is Nn1nc([N+](=O)[O-])nc1-c1nc([N+](=O)[O-])nn1N. The van der Waals surface area contributed by atoms with Gasteiger partial charge in [0.25, 0.3) is 0 Å². The van der Waals surface area contributed by atoms with Gasteiger partial charge in [-0.15, -0.1) is 0 Å². The topological polar surface area (TPSA) is 200 Å². The highest BCUT2D eigenvalue weighted by molar-refractivity contribution is 5.46. The summed E-state index contributed by atoms with van der Waals surface area (Å²) in [7, 11) is 0. The summed E-state index contributed by atoms with van der Waals surface area (Å²) in [6, 6.07) is 0. The van der Waals surface area contributed by atoms with E-state index in [0.29, 0.717) is 9.58 Å². The fourth-order valence-corrected chi connectivity index (χ4v) is 1.08. The first kappa shape index (κ1) is 11.2. The number of nitro groups is 2. The van der Waals surface area contributed by atoms with Gasteiger partial charge in [-0.25, -0.2) is 0 Å². The van der Waals surface area contributed by atoms with E-state index < -0.39 is 21.7 Å². The number of nitrogens with two attached hydrogens (primary N) is 2. The van der Waals surface area contributed by atoms with Gasteiger partial charge in [-0.3, -0.25) is 0 Å². The van der Waals surface area contributed by atoms with Gasteiger partial charge < -0.3 is 31.9 Å². The fraction of sp³-hybridized carbons (Fsp3) is 0. The summed E-state index contributed by atoms with van der Waals surface area (Å²) < 4.78 is 0. The molecule has 0 aliphatic heterocycles. The van der Waals surface area contributed by atoms with Crippen molar-refractivity contribution in [3.63, 3.8) is 0 Å². The normalized spacial score (nSPS) is 10.4. The highest BCUT2D eigenvalue weighted by Crippen LogP contribution is 2.17. The first-order valence-electron chi connectivity index (χ1n) is 4.13. The predicted molar refractivity (Wildman–Crippen MR) is 52.6 cm³/mol. The number of hydrogen-bond acceptors (Lipinski definition) is 10. The van der Waals surface area contributed by atoms with E-state index in [1.807, 2.05) is 0 Å². The maximum Gasteiger partial charge on any atom is 0.493 e. The minimum atomic E-state index is -0.890. The number of nitrogens with zero attached hydrogens (tertiary/aromatic N) is 8. The fourth-order valence-electron chi connectivity index (χ4n) is 1.08. The minimum Gasteiger partial charge on any atom is -0.390 e. The van der Waals surface area contributed by atoms with E-state index in [1.54, 1.807) is 0 Å². The molecule has 0 spiro atoms. The van der Waals surface area contributed by atoms with E-state index in [4.69, 9.17) is 11.7 Å². The molecule has 0 aliphatic rings. The van der Waals surface area contributed by atoms with Crippen molar-refractivity contribution in [2.24, 2.45) is 0 Å². The Balaban J connectivity index is 2.54. The van der Waals surface area contributed by atoms with Gasteiger partial charge in [0.1, 0.15) is 0 Å². The third-order valence-electron chi connectivity index (χ3n) is 1.77. The Kier molecular flexibility index (Phi) is 2.24. The Morgan fingerprint density at radius 3 is 1.44 bits per heavy atom. The molecule has 0 fully saturated rings. The predicted octanol–water partition coefficient (Wildman–Crippen LogP) is -2.22. The van der Waals surface area contributed by atoms with Crippen molar-refractivity contribution < 1.29 is 9.85 Å². The van der Waals surface area contributed by atoms with Crippen LogP contribution in [0.15, 0.2) is 0 Å². The number of hydrogen-bond donors (Lipinski definition) is 2. The molecule has 0 atom stereocenters. The lowest BCUT2D eigenvalue weighted by Gasteiger charge is -1.86. The van der Waals surface area contributed by atoms with Gasteiger partial charge in [-0.2, -0.15) is 0 Å². The van der Waals surface area contributed by atoms with Crippen molar-refractivity contribution in [1.29, 1.82) is 0 Å². The average Bonchev–Trinajstić information content (AvgIpc) is 2.82. The van der Waals surface area contributed by atoms with E-state index in [9.17, 15) is 20.2 Å². The second-order valence-corrected chi connectivity index (χ2v) is 2.87. The lowest BCUT2D eigenvalue weighted by atomic mass is 10.6. The molecule has 2 rings (SSSR count). The molecule has 14 nitrogen and oxygen atoms in total. The molecule has 14 heteroatoms. The second-order valence-electron chi connectivity index (χ2n) is 2.87. The monoisotopic (exact) mass is 256 g/mol. The first-order valence-corrected chi connectivity index (χ1v) is 4.13. The summed E-state index contributed by atoms with van der Waals surface area (Å²) in [6.45, 7) is 0. The van der Waals surface area contributed by atoms with Gasteiger partial charge in [0.15, 0.2) is 0 Å². The Morgan fingerprint density at radius 2 is 1.22 bits per heavy atom. The first-order chi connectivity index (χ1) is 8.40. The molecule has 94 valence electrons. The van der Waals surface area contributed by atoms with Crippen LogP contribution in [0.5, 0.6) is 0 Å². The lowest BCUT2D eigenvalue weighted by molar-refractivity contribution is -0.394. The van der Waals surface area contributed by atoms with Crippen molar-refractivity contribution in [2.75, 3.05) is 11.7 Å². The van der Waals surface area contributed by atoms with Gasteiger partial charge >= 0.3 is 23.5 Å². The van der Waals surface area contributed by atoms with Crippen LogP contribution in [0.25, 0.3) is 11.6 Å². The Bertz CT molecular complexity index is 584. The Morgan fingerprint density at radius 1 is 0.889 bits per heavy atom. The van der Waals surface area contributed by atoms with Crippen LogP contribution in [0.4, 0.5) is 11.9 Å². The molecule has 4 N–H and O–H groups in total. The Labute approximate surface area is 96.1 Å². The maximum atomic E-state index is 10.4. The summed E-state index contributed by atoms with van der Waals surface area (Å²) in [5.41, 5.74) is 0. The van der Waals surface area contributed by atoms with Crippen LogP contribution in [-0.2, 0) is 0 Å². The molecular formula is C4H4N10O4. The molecule has 0 saturated heterocycles. The molecule has 0 aromatic carbocycles. The standard InChI is InChI=1S/C4H4N10O4/c5-11-1(7-3(9-11)13(15)16)2-8-4(14(17)18)10-12(2)6/h5-6H2. The van der Waals surface area contributed by atoms with E-state index in [1.165, 1.54) is 0 Å². The summed E-state index contributed by atoms with van der Waals surface area (Å²) in [4.78, 5) is 26.9. The van der Waals surface area contributed by atoms with Crippen molar-refractivity contribution in [3.8, 4) is 11.6 Å².